The van der Waals surface area contributed by atoms with E-state index in [2.05, 4.69) is 9.97 Å². The summed E-state index contributed by atoms with van der Waals surface area (Å²) in [5, 5.41) is 0.102. The number of ether oxygens (including phenoxy) is 1. The van der Waals surface area contributed by atoms with E-state index in [0.717, 1.165) is 16.9 Å². The lowest BCUT2D eigenvalue weighted by Crippen LogP contribution is -2.34. The van der Waals surface area contributed by atoms with Gasteiger partial charge < -0.3 is 9.64 Å². The molecule has 0 aliphatic rings. The maximum atomic E-state index is 13.0. The average molecular weight is 396 g/mol. The van der Waals surface area contributed by atoms with Crippen LogP contribution in [0.5, 0.6) is 5.75 Å². The molecular weight excluding hydrogens is 372 g/mol. The van der Waals surface area contributed by atoms with Crippen molar-refractivity contribution in [3.8, 4) is 5.75 Å². The second kappa shape index (κ2) is 7.90. The molecule has 0 fully saturated rings. The van der Waals surface area contributed by atoms with E-state index in [-0.39, 0.29) is 22.5 Å². The highest BCUT2D eigenvalue weighted by molar-refractivity contribution is 6.05. The summed E-state index contributed by atoms with van der Waals surface area (Å²) in [5.41, 5.74) is 1.92. The van der Waals surface area contributed by atoms with Gasteiger partial charge >= 0.3 is 5.69 Å². The van der Waals surface area contributed by atoms with Gasteiger partial charge in [-0.05, 0) is 38.5 Å². The molecule has 0 spiro atoms. The maximum Gasteiger partial charge on any atom is 0.329 e. The van der Waals surface area contributed by atoms with Crippen molar-refractivity contribution in [3.63, 3.8) is 0 Å². The van der Waals surface area contributed by atoms with E-state index >= 15 is 0 Å². The molecule has 8 heteroatoms. The smallest absolute Gasteiger partial charge is 0.329 e. The van der Waals surface area contributed by atoms with Crippen LogP contribution in [0.4, 0.5) is 0 Å². The highest BCUT2D eigenvalue weighted by atomic mass is 16.5. The molecule has 3 rings (SSSR count). The van der Waals surface area contributed by atoms with Gasteiger partial charge in [-0.15, -0.1) is 0 Å². The highest BCUT2D eigenvalue weighted by Crippen LogP contribution is 2.19. The summed E-state index contributed by atoms with van der Waals surface area (Å²) in [6.07, 6.45) is 0. The number of fused-ring (bicyclic) bond motifs is 1. The molecule has 0 aliphatic carbocycles. The minimum absolute atomic E-state index is 0.102. The number of carbonyl (C=O) groups is 1. The molecule has 1 aromatic carbocycles. The molecule has 29 heavy (non-hydrogen) atoms. The number of rotatable bonds is 5. The van der Waals surface area contributed by atoms with Crippen molar-refractivity contribution in [1.29, 1.82) is 0 Å². The number of nitrogens with zero attached hydrogens (tertiary/aromatic N) is 3. The minimum Gasteiger partial charge on any atom is -0.491 e. The van der Waals surface area contributed by atoms with Gasteiger partial charge in [-0.3, -0.25) is 19.1 Å². The number of aromatic nitrogens is 3. The topological polar surface area (TPSA) is 97.3 Å². The number of hydrogen-bond donors (Lipinski definition) is 1. The molecule has 8 nitrogen and oxygen atoms in total. The molecule has 0 radical (unpaired) electrons. The van der Waals surface area contributed by atoms with Crippen molar-refractivity contribution in [3.05, 3.63) is 67.5 Å². The largest absolute Gasteiger partial charge is 0.491 e. The Labute approximate surface area is 167 Å². The van der Waals surface area contributed by atoms with Crippen molar-refractivity contribution in [2.24, 2.45) is 7.05 Å². The number of amides is 1. The van der Waals surface area contributed by atoms with E-state index in [1.807, 2.05) is 32.0 Å². The summed E-state index contributed by atoms with van der Waals surface area (Å²) < 4.78 is 7.02. The molecule has 2 aromatic heterocycles. The van der Waals surface area contributed by atoms with Crippen LogP contribution in [0.15, 0.2) is 33.9 Å². The van der Waals surface area contributed by atoms with Crippen LogP contribution in [-0.2, 0) is 7.05 Å². The first-order valence-corrected chi connectivity index (χ1v) is 9.25. The average Bonchev–Trinajstić information content (AvgIpc) is 2.66. The number of benzene rings is 1. The molecular formula is C21H24N4O4. The number of carbonyl (C=O) groups excluding carboxylic acids is 1. The predicted molar refractivity (Wildman–Crippen MR) is 111 cm³/mol. The van der Waals surface area contributed by atoms with Crippen LogP contribution in [0, 0.1) is 20.8 Å². The van der Waals surface area contributed by atoms with Crippen molar-refractivity contribution >= 4 is 16.9 Å². The zero-order chi connectivity index (χ0) is 21.3. The SMILES string of the molecule is Cc1ccc(OCCN(C)C(=O)c2cc(C)nc3c2c(=O)[nH]c(=O)n3C)c(C)c1. The van der Waals surface area contributed by atoms with Gasteiger partial charge in [0, 0.05) is 19.8 Å². The normalized spacial score (nSPS) is 10.9. The molecule has 0 atom stereocenters. The fourth-order valence-electron chi connectivity index (χ4n) is 3.19. The number of nitrogens with one attached hydrogen (secondary N) is 1. The Bertz CT molecular complexity index is 1210. The molecule has 3 aromatic rings. The number of likely N-dealkylation sites (N-methyl/N-ethyl adjacent to an activating group) is 1. The van der Waals surface area contributed by atoms with Crippen LogP contribution < -0.4 is 16.0 Å². The van der Waals surface area contributed by atoms with Crippen LogP contribution in [-0.4, -0.2) is 45.5 Å². The maximum absolute atomic E-state index is 13.0. The van der Waals surface area contributed by atoms with E-state index in [4.69, 9.17) is 4.74 Å². The molecule has 0 saturated carbocycles. The van der Waals surface area contributed by atoms with Gasteiger partial charge in [-0.1, -0.05) is 17.7 Å². The van der Waals surface area contributed by atoms with E-state index < -0.39 is 11.2 Å². The summed E-state index contributed by atoms with van der Waals surface area (Å²) in [7, 11) is 3.15. The number of aromatic amines is 1. The lowest BCUT2D eigenvalue weighted by atomic mass is 10.1. The zero-order valence-corrected chi connectivity index (χ0v) is 17.2. The van der Waals surface area contributed by atoms with Crippen LogP contribution in [0.1, 0.15) is 27.2 Å². The number of hydrogen-bond acceptors (Lipinski definition) is 5. The molecule has 0 aliphatic heterocycles. The number of aryl methyl sites for hydroxylation is 4. The summed E-state index contributed by atoms with van der Waals surface area (Å²) in [5.74, 6) is 0.432. The summed E-state index contributed by atoms with van der Waals surface area (Å²) in [4.78, 5) is 45.2. The fourth-order valence-corrected chi connectivity index (χ4v) is 3.19. The monoisotopic (exact) mass is 396 g/mol. The molecule has 0 unspecified atom stereocenters. The molecule has 2 heterocycles. The Balaban J connectivity index is 1.84. The molecule has 0 saturated heterocycles. The molecule has 1 amide bonds. The first-order valence-electron chi connectivity index (χ1n) is 9.25. The third-order valence-electron chi connectivity index (χ3n) is 4.79. The lowest BCUT2D eigenvalue weighted by Gasteiger charge is -2.19. The minimum atomic E-state index is -0.626. The first-order chi connectivity index (χ1) is 13.7. The van der Waals surface area contributed by atoms with E-state index in [1.165, 1.54) is 16.5 Å². The number of pyridine rings is 1. The van der Waals surface area contributed by atoms with Crippen LogP contribution >= 0.6 is 0 Å². The van der Waals surface area contributed by atoms with E-state index in [1.54, 1.807) is 20.0 Å². The van der Waals surface area contributed by atoms with Crippen LogP contribution in [0.25, 0.3) is 11.0 Å². The lowest BCUT2D eigenvalue weighted by molar-refractivity contribution is 0.0775. The predicted octanol–water partition coefficient (Wildman–Crippen LogP) is 1.70. The van der Waals surface area contributed by atoms with Gasteiger partial charge in [0.1, 0.15) is 18.0 Å². The Morgan fingerprint density at radius 3 is 2.62 bits per heavy atom. The third-order valence-corrected chi connectivity index (χ3v) is 4.79. The Hall–Kier alpha value is -3.42. The van der Waals surface area contributed by atoms with Gasteiger partial charge in [0.15, 0.2) is 0 Å². The second-order valence-corrected chi connectivity index (χ2v) is 7.17. The van der Waals surface area contributed by atoms with Gasteiger partial charge in [0.25, 0.3) is 11.5 Å². The quantitative estimate of drug-likeness (QED) is 0.708. The van der Waals surface area contributed by atoms with Gasteiger partial charge in [0.2, 0.25) is 0 Å². The van der Waals surface area contributed by atoms with Gasteiger partial charge in [-0.25, -0.2) is 9.78 Å². The summed E-state index contributed by atoms with van der Waals surface area (Å²) in [6, 6.07) is 7.48. The fraction of sp³-hybridized carbons (Fsp3) is 0.333. The first kappa shape index (κ1) is 20.3. The zero-order valence-electron chi connectivity index (χ0n) is 17.2. The van der Waals surface area contributed by atoms with Crippen molar-refractivity contribution in [2.45, 2.75) is 20.8 Å². The van der Waals surface area contributed by atoms with Gasteiger partial charge in [0.05, 0.1) is 17.5 Å². The van der Waals surface area contributed by atoms with Crippen LogP contribution in [0.3, 0.4) is 0 Å². The standard InChI is InChI=1S/C21H24N4O4/c1-12-6-7-16(13(2)10-12)29-9-8-24(4)20(27)15-11-14(3)22-18-17(15)19(26)23-21(28)25(18)5/h6-7,10-11H,8-9H2,1-5H3,(H,23,26,28). The third kappa shape index (κ3) is 4.06. The molecule has 152 valence electrons. The summed E-state index contributed by atoms with van der Waals surface area (Å²) >= 11 is 0. The highest BCUT2D eigenvalue weighted by Gasteiger charge is 2.20. The van der Waals surface area contributed by atoms with Crippen molar-refractivity contribution in [1.82, 2.24) is 19.4 Å². The van der Waals surface area contributed by atoms with Crippen molar-refractivity contribution < 1.29 is 9.53 Å². The van der Waals surface area contributed by atoms with Crippen molar-refractivity contribution in [2.75, 3.05) is 20.2 Å². The Kier molecular flexibility index (Phi) is 5.54. The van der Waals surface area contributed by atoms with E-state index in [9.17, 15) is 14.4 Å². The Morgan fingerprint density at radius 1 is 1.21 bits per heavy atom. The number of H-pyrrole nitrogens is 1. The van der Waals surface area contributed by atoms with Crippen LogP contribution in [0.2, 0.25) is 0 Å². The second-order valence-electron chi connectivity index (χ2n) is 7.17. The van der Waals surface area contributed by atoms with Gasteiger partial charge in [-0.2, -0.15) is 0 Å². The Morgan fingerprint density at radius 2 is 1.93 bits per heavy atom. The molecule has 0 bridgehead atoms. The molecule has 1 N–H and O–H groups in total. The van der Waals surface area contributed by atoms with E-state index in [0.29, 0.717) is 18.8 Å². The summed E-state index contributed by atoms with van der Waals surface area (Å²) in [6.45, 7) is 6.34.